The molecule has 7 nitrogen and oxygen atoms in total. The maximum Gasteiger partial charge on any atom is 0.277 e. The number of thioether (sulfide) groups is 1. The number of Topliss-reactive ketones (excluding diaryl/α,β-unsaturated/α-hetero) is 1. The summed E-state index contributed by atoms with van der Waals surface area (Å²) in [5.41, 5.74) is 2.21. The highest BCUT2D eigenvalue weighted by Gasteiger charge is 2.18. The predicted octanol–water partition coefficient (Wildman–Crippen LogP) is 5.95. The van der Waals surface area contributed by atoms with Gasteiger partial charge in [-0.25, -0.2) is 4.98 Å². The zero-order chi connectivity index (χ0) is 23.5. The van der Waals surface area contributed by atoms with Crippen molar-refractivity contribution in [2.45, 2.75) is 12.1 Å². The summed E-state index contributed by atoms with van der Waals surface area (Å²) in [6.07, 6.45) is 0. The van der Waals surface area contributed by atoms with Crippen LogP contribution in [0.2, 0.25) is 0 Å². The van der Waals surface area contributed by atoms with E-state index in [1.165, 1.54) is 6.92 Å². The number of aromatic nitrogens is 3. The maximum absolute atomic E-state index is 12.5. The summed E-state index contributed by atoms with van der Waals surface area (Å²) in [4.78, 5) is 29.5. The quantitative estimate of drug-likeness (QED) is 0.224. The molecule has 2 aromatic heterocycles. The number of nitrogens with one attached hydrogen (secondary N) is 1. The minimum atomic E-state index is -0.279. The van der Waals surface area contributed by atoms with Gasteiger partial charge in [0.15, 0.2) is 10.9 Å². The number of carbonyl (C=O) groups excluding carboxylic acids is 2. The van der Waals surface area contributed by atoms with E-state index in [4.69, 9.17) is 4.42 Å². The van der Waals surface area contributed by atoms with Gasteiger partial charge in [0.25, 0.3) is 5.22 Å². The van der Waals surface area contributed by atoms with Crippen LogP contribution >= 0.6 is 23.1 Å². The van der Waals surface area contributed by atoms with Crippen molar-refractivity contribution < 1.29 is 14.0 Å². The lowest BCUT2D eigenvalue weighted by Crippen LogP contribution is -2.13. The van der Waals surface area contributed by atoms with Gasteiger partial charge < -0.3 is 9.73 Å². The molecule has 0 aliphatic carbocycles. The number of rotatable bonds is 7. The highest BCUT2D eigenvalue weighted by atomic mass is 32.2. The van der Waals surface area contributed by atoms with Crippen molar-refractivity contribution in [3.05, 3.63) is 77.7 Å². The first-order chi connectivity index (χ1) is 16.6. The van der Waals surface area contributed by atoms with Gasteiger partial charge in [-0.1, -0.05) is 83.8 Å². The summed E-state index contributed by atoms with van der Waals surface area (Å²) in [5.74, 6) is 0.0825. The number of amides is 1. The average molecular weight is 487 g/mol. The van der Waals surface area contributed by atoms with E-state index < -0.39 is 0 Å². The molecule has 0 bridgehead atoms. The third-order valence-electron chi connectivity index (χ3n) is 4.97. The molecule has 0 radical (unpaired) electrons. The van der Waals surface area contributed by atoms with Crippen LogP contribution in [0.15, 0.2) is 82.4 Å². The molecule has 5 rings (SSSR count). The second-order valence-corrected chi connectivity index (χ2v) is 9.32. The Hall–Kier alpha value is -3.82. The van der Waals surface area contributed by atoms with Crippen LogP contribution in [0.3, 0.4) is 0 Å². The standard InChI is InChI=1S/C25H18N4O3S2/c1-15(30)22-21(17-8-3-2-4-9-17)27-24(34-22)26-20(31)14-33-25-29-28-23(32-25)19-12-11-16-7-5-6-10-18(16)13-19/h2-13H,14H2,1H3,(H,26,27,31). The first kappa shape index (κ1) is 22.0. The molecular formula is C25H18N4O3S2. The fourth-order valence-electron chi connectivity index (χ4n) is 3.39. The van der Waals surface area contributed by atoms with Gasteiger partial charge in [0.05, 0.1) is 16.3 Å². The molecule has 0 fully saturated rings. The zero-order valence-electron chi connectivity index (χ0n) is 18.0. The lowest BCUT2D eigenvalue weighted by Gasteiger charge is -2.00. The molecule has 168 valence electrons. The van der Waals surface area contributed by atoms with Gasteiger partial charge >= 0.3 is 0 Å². The van der Waals surface area contributed by atoms with Crippen molar-refractivity contribution in [1.29, 1.82) is 0 Å². The first-order valence-electron chi connectivity index (χ1n) is 10.4. The van der Waals surface area contributed by atoms with Crippen LogP contribution in [0, 0.1) is 0 Å². The van der Waals surface area contributed by atoms with Crippen LogP contribution in [0.5, 0.6) is 0 Å². The van der Waals surface area contributed by atoms with Gasteiger partial charge in [-0.15, -0.1) is 10.2 Å². The summed E-state index contributed by atoms with van der Waals surface area (Å²) < 4.78 is 5.73. The second-order valence-electron chi connectivity index (χ2n) is 7.39. The fraction of sp³-hybridized carbons (Fsp3) is 0.0800. The number of benzene rings is 3. The number of ketones is 1. The monoisotopic (exact) mass is 486 g/mol. The van der Waals surface area contributed by atoms with Crippen LogP contribution in [-0.2, 0) is 4.79 Å². The molecule has 0 spiro atoms. The van der Waals surface area contributed by atoms with E-state index >= 15 is 0 Å². The van der Waals surface area contributed by atoms with Crippen molar-refractivity contribution >= 4 is 50.7 Å². The molecule has 1 amide bonds. The highest BCUT2D eigenvalue weighted by Crippen LogP contribution is 2.32. The van der Waals surface area contributed by atoms with Crippen molar-refractivity contribution in [2.75, 3.05) is 11.1 Å². The molecule has 34 heavy (non-hydrogen) atoms. The second kappa shape index (κ2) is 9.58. The summed E-state index contributed by atoms with van der Waals surface area (Å²) in [6, 6.07) is 23.4. The van der Waals surface area contributed by atoms with Gasteiger partial charge in [0.2, 0.25) is 11.8 Å². The minimum absolute atomic E-state index is 0.0645. The number of hydrogen-bond acceptors (Lipinski definition) is 8. The molecule has 0 saturated heterocycles. The van der Waals surface area contributed by atoms with Crippen molar-refractivity contribution in [2.24, 2.45) is 0 Å². The summed E-state index contributed by atoms with van der Waals surface area (Å²) in [5, 5.41) is 13.8. The van der Waals surface area contributed by atoms with Gasteiger partial charge in [-0.2, -0.15) is 0 Å². The van der Waals surface area contributed by atoms with Gasteiger partial charge in [-0.3, -0.25) is 9.59 Å². The number of anilines is 1. The van der Waals surface area contributed by atoms with Gasteiger partial charge in [0.1, 0.15) is 0 Å². The molecule has 2 heterocycles. The van der Waals surface area contributed by atoms with Gasteiger partial charge in [0, 0.05) is 18.1 Å². The summed E-state index contributed by atoms with van der Waals surface area (Å²) in [7, 11) is 0. The smallest absolute Gasteiger partial charge is 0.277 e. The Morgan fingerprint density at radius 2 is 1.71 bits per heavy atom. The Morgan fingerprint density at radius 1 is 0.941 bits per heavy atom. The number of thiazole rings is 1. The van der Waals surface area contributed by atoms with E-state index in [2.05, 4.69) is 20.5 Å². The molecule has 9 heteroatoms. The van der Waals surface area contributed by atoms with Crippen LogP contribution in [-0.4, -0.2) is 32.6 Å². The predicted molar refractivity (Wildman–Crippen MR) is 134 cm³/mol. The fourth-order valence-corrected chi connectivity index (χ4v) is 4.86. The summed E-state index contributed by atoms with van der Waals surface area (Å²) >= 11 is 2.30. The highest BCUT2D eigenvalue weighted by molar-refractivity contribution is 7.99. The van der Waals surface area contributed by atoms with E-state index in [1.54, 1.807) is 0 Å². The van der Waals surface area contributed by atoms with Gasteiger partial charge in [-0.05, 0) is 22.9 Å². The molecule has 0 saturated carbocycles. The molecule has 0 unspecified atom stereocenters. The maximum atomic E-state index is 12.5. The van der Waals surface area contributed by atoms with Crippen molar-refractivity contribution in [1.82, 2.24) is 15.2 Å². The number of nitrogens with zero attached hydrogens (tertiary/aromatic N) is 3. The Kier molecular flexibility index (Phi) is 6.20. The average Bonchev–Trinajstić information content (AvgIpc) is 3.51. The van der Waals surface area contributed by atoms with E-state index in [0.717, 1.165) is 45.0 Å². The minimum Gasteiger partial charge on any atom is -0.411 e. The Bertz CT molecular complexity index is 1490. The van der Waals surface area contributed by atoms with Crippen LogP contribution in [0.1, 0.15) is 16.6 Å². The lowest BCUT2D eigenvalue weighted by atomic mass is 10.1. The lowest BCUT2D eigenvalue weighted by molar-refractivity contribution is -0.113. The molecule has 5 aromatic rings. The topological polar surface area (TPSA) is 98.0 Å². The third-order valence-corrected chi connectivity index (χ3v) is 6.86. The third kappa shape index (κ3) is 4.75. The molecule has 0 aliphatic rings. The van der Waals surface area contributed by atoms with E-state index in [-0.39, 0.29) is 17.4 Å². The molecule has 0 aliphatic heterocycles. The zero-order valence-corrected chi connectivity index (χ0v) is 19.7. The van der Waals surface area contributed by atoms with Crippen LogP contribution < -0.4 is 5.32 Å². The Labute approximate surface area is 203 Å². The Morgan fingerprint density at radius 3 is 2.50 bits per heavy atom. The van der Waals surface area contributed by atoms with E-state index in [0.29, 0.717) is 26.8 Å². The molecule has 1 N–H and O–H groups in total. The summed E-state index contributed by atoms with van der Waals surface area (Å²) in [6.45, 7) is 1.49. The SMILES string of the molecule is CC(=O)c1sc(NC(=O)CSc2nnc(-c3ccc4ccccc4c3)o2)nc1-c1ccccc1. The molecule has 3 aromatic carbocycles. The van der Waals surface area contributed by atoms with Crippen LogP contribution in [0.4, 0.5) is 5.13 Å². The van der Waals surface area contributed by atoms with E-state index in [1.807, 2.05) is 72.8 Å². The van der Waals surface area contributed by atoms with Crippen LogP contribution in [0.25, 0.3) is 33.5 Å². The van der Waals surface area contributed by atoms with Crippen molar-refractivity contribution in [3.8, 4) is 22.7 Å². The number of hydrogen-bond donors (Lipinski definition) is 1. The Balaban J connectivity index is 1.25. The first-order valence-corrected chi connectivity index (χ1v) is 12.2. The largest absolute Gasteiger partial charge is 0.411 e. The molecule has 0 atom stereocenters. The van der Waals surface area contributed by atoms with E-state index in [9.17, 15) is 9.59 Å². The number of fused-ring (bicyclic) bond motifs is 1. The number of carbonyl (C=O) groups is 2. The van der Waals surface area contributed by atoms with Crippen molar-refractivity contribution in [3.63, 3.8) is 0 Å². The molecular weight excluding hydrogens is 468 g/mol. The normalized spacial score (nSPS) is 11.0.